The molecule has 12 heteroatoms. The zero-order valence-electron chi connectivity index (χ0n) is 24.5. The molecule has 2 aromatic carbocycles. The average Bonchev–Trinajstić information content (AvgIpc) is 2.96. The van der Waals surface area contributed by atoms with Crippen LogP contribution in [0.25, 0.3) is 39.2 Å². The second-order valence-electron chi connectivity index (χ2n) is 10.7. The summed E-state index contributed by atoms with van der Waals surface area (Å²) in [6, 6.07) is 15.8. The Kier molecular flexibility index (Phi) is 10.6. The van der Waals surface area contributed by atoms with Gasteiger partial charge in [-0.1, -0.05) is 49.2 Å². The molecule has 0 saturated heterocycles. The molecular weight excluding hydrogens is 584 g/mol. The summed E-state index contributed by atoms with van der Waals surface area (Å²) in [5.74, 6) is -0.835. The van der Waals surface area contributed by atoms with Crippen LogP contribution in [0, 0.1) is 12.3 Å². The predicted molar refractivity (Wildman–Crippen MR) is 165 cm³/mol. The number of rotatable bonds is 15. The van der Waals surface area contributed by atoms with Crippen LogP contribution in [0.2, 0.25) is 0 Å². The lowest BCUT2D eigenvalue weighted by Crippen LogP contribution is -2.33. The number of hydrogen-bond donors (Lipinski definition) is 3. The molecule has 0 aromatic heterocycles. The Bertz CT molecular complexity index is 1790. The number of benzene rings is 3. The van der Waals surface area contributed by atoms with Gasteiger partial charge in [0.15, 0.2) is 5.58 Å². The number of nitrogens with zero attached hydrogens (tertiary/aromatic N) is 1. The third-order valence-corrected chi connectivity index (χ3v) is 9.47. The van der Waals surface area contributed by atoms with Crippen LogP contribution in [0.1, 0.15) is 50.5 Å². The van der Waals surface area contributed by atoms with Crippen molar-refractivity contribution < 1.29 is 32.6 Å². The van der Waals surface area contributed by atoms with Gasteiger partial charge in [-0.15, -0.1) is 5.69 Å². The average molecular weight is 621 g/mol. The van der Waals surface area contributed by atoms with E-state index in [0.29, 0.717) is 55.2 Å². The van der Waals surface area contributed by atoms with Crippen molar-refractivity contribution in [3.63, 3.8) is 0 Å². The molecule has 2 aromatic rings. The SMILES string of the molecule is Cc1ccccc1-c1c2ccc(=N)cc-2oc2c(S(=O)(=O)N(CCCCCNC(=O)O)CCCCCC(=O)[O-])c([NH-])ccc12. The molecule has 0 unspecified atom stereocenters. The third-order valence-electron chi connectivity index (χ3n) is 7.51. The zero-order valence-corrected chi connectivity index (χ0v) is 25.3. The molecule has 1 amide bonds. The molecule has 11 nitrogen and oxygen atoms in total. The Morgan fingerprint density at radius 3 is 2.36 bits per heavy atom. The zero-order chi connectivity index (χ0) is 31.9. The number of hydrogen-bond acceptors (Lipinski definition) is 7. The van der Waals surface area contributed by atoms with E-state index in [9.17, 15) is 23.1 Å². The highest BCUT2D eigenvalue weighted by molar-refractivity contribution is 7.89. The predicted octanol–water partition coefficient (Wildman–Crippen LogP) is 5.42. The van der Waals surface area contributed by atoms with E-state index >= 15 is 0 Å². The summed E-state index contributed by atoms with van der Waals surface area (Å²) in [6.45, 7) is 2.44. The maximum absolute atomic E-state index is 14.4. The molecule has 0 atom stereocenters. The van der Waals surface area contributed by atoms with Gasteiger partial charge < -0.3 is 35.9 Å². The van der Waals surface area contributed by atoms with E-state index in [-0.39, 0.29) is 47.6 Å². The molecule has 234 valence electrons. The lowest BCUT2D eigenvalue weighted by atomic mass is 9.91. The lowest BCUT2D eigenvalue weighted by Gasteiger charge is -2.26. The lowest BCUT2D eigenvalue weighted by molar-refractivity contribution is -0.305. The largest absolute Gasteiger partial charge is 0.698 e. The molecule has 0 saturated carbocycles. The summed E-state index contributed by atoms with van der Waals surface area (Å²) in [6.07, 6.45) is 1.55. The number of amides is 1. The minimum absolute atomic E-state index is 0.0291. The third kappa shape index (κ3) is 7.56. The van der Waals surface area contributed by atoms with E-state index in [1.54, 1.807) is 18.2 Å². The molecule has 1 aliphatic carbocycles. The molecule has 0 bridgehead atoms. The first-order valence-electron chi connectivity index (χ1n) is 14.5. The van der Waals surface area contributed by atoms with Gasteiger partial charge in [-0.3, -0.25) is 0 Å². The fourth-order valence-corrected chi connectivity index (χ4v) is 7.06. The first kappa shape index (κ1) is 32.5. The van der Waals surface area contributed by atoms with Crippen LogP contribution < -0.4 is 15.8 Å². The van der Waals surface area contributed by atoms with Crippen molar-refractivity contribution >= 4 is 38.7 Å². The van der Waals surface area contributed by atoms with Gasteiger partial charge >= 0.3 is 6.09 Å². The van der Waals surface area contributed by atoms with Crippen molar-refractivity contribution in [1.29, 1.82) is 5.41 Å². The highest BCUT2D eigenvalue weighted by Crippen LogP contribution is 2.45. The van der Waals surface area contributed by atoms with Crippen LogP contribution >= 0.6 is 0 Å². The number of aliphatic carboxylic acids is 1. The van der Waals surface area contributed by atoms with Crippen LogP contribution in [0.3, 0.4) is 0 Å². The van der Waals surface area contributed by atoms with E-state index in [0.717, 1.165) is 16.7 Å². The smallest absolute Gasteiger partial charge is 0.404 e. The first-order chi connectivity index (χ1) is 21.0. The molecule has 4 rings (SSSR count). The van der Waals surface area contributed by atoms with Crippen LogP contribution in [0.4, 0.5) is 10.5 Å². The van der Waals surface area contributed by atoms with Gasteiger partial charge in [-0.05, 0) is 62.3 Å². The van der Waals surface area contributed by atoms with Gasteiger partial charge in [0.05, 0.1) is 5.36 Å². The Morgan fingerprint density at radius 1 is 0.977 bits per heavy atom. The summed E-state index contributed by atoms with van der Waals surface area (Å²) in [7, 11) is -4.29. The molecule has 1 heterocycles. The van der Waals surface area contributed by atoms with Crippen LogP contribution in [0.15, 0.2) is 63.9 Å². The second-order valence-corrected chi connectivity index (χ2v) is 12.6. The van der Waals surface area contributed by atoms with Crippen molar-refractivity contribution in [3.05, 3.63) is 71.3 Å². The Labute approximate surface area is 256 Å². The van der Waals surface area contributed by atoms with Crippen molar-refractivity contribution in [2.75, 3.05) is 19.6 Å². The maximum atomic E-state index is 14.4. The van der Waals surface area contributed by atoms with Crippen molar-refractivity contribution in [1.82, 2.24) is 9.62 Å². The van der Waals surface area contributed by atoms with Crippen LogP contribution in [0.5, 0.6) is 0 Å². The number of carbonyl (C=O) groups excluding carboxylic acids is 1. The van der Waals surface area contributed by atoms with Crippen LogP contribution in [-0.4, -0.2) is 49.5 Å². The number of unbranched alkanes of at least 4 members (excludes halogenated alkanes) is 4. The highest BCUT2D eigenvalue weighted by atomic mass is 32.2. The number of sulfonamides is 1. The summed E-state index contributed by atoms with van der Waals surface area (Å²) in [5.41, 5.74) is 11.8. The van der Waals surface area contributed by atoms with Gasteiger partial charge in [0, 0.05) is 48.2 Å². The van der Waals surface area contributed by atoms with Gasteiger partial charge in [0.1, 0.15) is 10.7 Å². The summed E-state index contributed by atoms with van der Waals surface area (Å²) >= 11 is 0. The second kappa shape index (κ2) is 14.4. The molecular formula is C32H36N4O7S-2. The van der Waals surface area contributed by atoms with Crippen molar-refractivity contribution in [3.8, 4) is 22.5 Å². The van der Waals surface area contributed by atoms with Gasteiger partial charge in [0.25, 0.3) is 0 Å². The summed E-state index contributed by atoms with van der Waals surface area (Å²) in [4.78, 5) is 21.3. The minimum atomic E-state index is -4.29. The number of nitrogens with one attached hydrogen (secondary N) is 3. The van der Waals surface area contributed by atoms with E-state index < -0.39 is 22.1 Å². The van der Waals surface area contributed by atoms with Crippen LogP contribution in [-0.2, 0) is 14.8 Å². The number of carboxylic acid groups (broad SMARTS) is 2. The van der Waals surface area contributed by atoms with Gasteiger partial charge in [-0.25, -0.2) is 13.2 Å². The topological polar surface area (TPSA) is 188 Å². The number of aryl methyl sites for hydroxylation is 1. The molecule has 2 aliphatic rings. The normalized spacial score (nSPS) is 11.8. The fourth-order valence-electron chi connectivity index (χ4n) is 5.33. The van der Waals surface area contributed by atoms with E-state index in [4.69, 9.17) is 20.7 Å². The molecule has 0 radical (unpaired) electrons. The van der Waals surface area contributed by atoms with Crippen molar-refractivity contribution in [2.24, 2.45) is 0 Å². The Balaban J connectivity index is 1.80. The number of carbonyl (C=O) groups is 2. The minimum Gasteiger partial charge on any atom is -0.698 e. The van der Waals surface area contributed by atoms with E-state index in [2.05, 4.69) is 5.32 Å². The van der Waals surface area contributed by atoms with E-state index in [1.165, 1.54) is 16.4 Å². The maximum Gasteiger partial charge on any atom is 0.404 e. The standard InChI is InChI=1S/C32H38N4O7S/c1-21-10-5-6-11-23(21)29-24-14-13-22(33)20-27(24)43-30-25(29)15-16-26(34)31(30)44(41,42)36(18-8-2-4-12-28(37)38)19-9-3-7-17-35-32(39)40/h5-6,10-11,13-16,20,35H,2-4,7-9,12,17-19H2,1H3,(H5,33,34,37,38,39,40)/p-2. The molecule has 0 spiro atoms. The van der Waals surface area contributed by atoms with E-state index in [1.807, 2.05) is 31.2 Å². The first-order valence-corrected chi connectivity index (χ1v) is 16.0. The summed E-state index contributed by atoms with van der Waals surface area (Å²) in [5, 5.41) is 30.8. The van der Waals surface area contributed by atoms with Gasteiger partial charge in [-0.2, -0.15) is 4.31 Å². The molecule has 44 heavy (non-hydrogen) atoms. The fraction of sp³-hybridized carbons (Fsp3) is 0.344. The highest BCUT2D eigenvalue weighted by Gasteiger charge is 2.30. The molecule has 4 N–H and O–H groups in total. The Morgan fingerprint density at radius 2 is 1.68 bits per heavy atom. The number of carboxylic acids is 1. The monoisotopic (exact) mass is 620 g/mol. The van der Waals surface area contributed by atoms with Gasteiger partial charge in [0.2, 0.25) is 10.0 Å². The quantitative estimate of drug-likeness (QED) is 0.117. The molecule has 1 aliphatic heterocycles. The number of fused-ring (bicyclic) bond motifs is 2. The molecule has 0 fully saturated rings. The summed E-state index contributed by atoms with van der Waals surface area (Å²) < 4.78 is 36.3. The Hall–Kier alpha value is -4.42. The van der Waals surface area contributed by atoms with Crippen molar-refractivity contribution in [2.45, 2.75) is 56.8 Å².